The van der Waals surface area contributed by atoms with E-state index in [9.17, 15) is 9.59 Å². The molecule has 134 valence electrons. The Morgan fingerprint density at radius 1 is 1.20 bits per heavy atom. The number of benzene rings is 1. The number of amides is 2. The van der Waals surface area contributed by atoms with Crippen molar-refractivity contribution in [3.05, 3.63) is 46.2 Å². The summed E-state index contributed by atoms with van der Waals surface area (Å²) >= 11 is 1.69. The largest absolute Gasteiger partial charge is 0.376 e. The van der Waals surface area contributed by atoms with Crippen molar-refractivity contribution in [3.8, 4) is 0 Å². The summed E-state index contributed by atoms with van der Waals surface area (Å²) in [4.78, 5) is 25.0. The maximum Gasteiger partial charge on any atom is 0.239 e. The Hall–Kier alpha value is -2.34. The van der Waals surface area contributed by atoms with Crippen molar-refractivity contribution in [1.29, 1.82) is 0 Å². The number of nitrogens with one attached hydrogen (secondary N) is 3. The predicted molar refractivity (Wildman–Crippen MR) is 104 cm³/mol. The summed E-state index contributed by atoms with van der Waals surface area (Å²) in [6.45, 7) is 6.49. The molecule has 1 aromatic heterocycles. The lowest BCUT2D eigenvalue weighted by Crippen LogP contribution is -2.31. The van der Waals surface area contributed by atoms with Gasteiger partial charge in [-0.05, 0) is 42.5 Å². The Bertz CT molecular complexity index is 711. The fourth-order valence-corrected chi connectivity index (χ4v) is 2.90. The monoisotopic (exact) mass is 359 g/mol. The summed E-state index contributed by atoms with van der Waals surface area (Å²) in [5.74, 6) is -0.152. The third kappa shape index (κ3) is 6.23. The lowest BCUT2D eigenvalue weighted by Gasteiger charge is -2.13. The van der Waals surface area contributed by atoms with Crippen molar-refractivity contribution in [1.82, 2.24) is 5.32 Å². The van der Waals surface area contributed by atoms with Crippen molar-refractivity contribution in [2.45, 2.75) is 27.2 Å². The van der Waals surface area contributed by atoms with Crippen LogP contribution in [0, 0.1) is 12.8 Å². The van der Waals surface area contributed by atoms with E-state index >= 15 is 0 Å². The lowest BCUT2D eigenvalue weighted by molar-refractivity contribution is -0.120. The fraction of sp³-hybridized carbons (Fsp3) is 0.368. The molecule has 25 heavy (non-hydrogen) atoms. The molecule has 2 aromatic rings. The van der Waals surface area contributed by atoms with Gasteiger partial charge in [-0.15, -0.1) is 11.3 Å². The zero-order valence-electron chi connectivity index (χ0n) is 14.9. The second-order valence-corrected chi connectivity index (χ2v) is 7.24. The molecule has 2 rings (SSSR count). The Morgan fingerprint density at radius 2 is 2.00 bits per heavy atom. The van der Waals surface area contributed by atoms with Crippen LogP contribution >= 0.6 is 11.3 Å². The van der Waals surface area contributed by atoms with E-state index in [1.165, 1.54) is 4.88 Å². The smallest absolute Gasteiger partial charge is 0.239 e. The summed E-state index contributed by atoms with van der Waals surface area (Å²) in [5, 5.41) is 10.9. The first-order valence-corrected chi connectivity index (χ1v) is 9.28. The summed E-state index contributed by atoms with van der Waals surface area (Å²) in [6, 6.07) is 9.72. The van der Waals surface area contributed by atoms with Crippen molar-refractivity contribution in [2.24, 2.45) is 5.92 Å². The first-order chi connectivity index (χ1) is 12.0. The molecule has 0 aliphatic rings. The van der Waals surface area contributed by atoms with E-state index < -0.39 is 0 Å². The molecule has 1 aromatic carbocycles. The van der Waals surface area contributed by atoms with Gasteiger partial charge in [-0.2, -0.15) is 0 Å². The van der Waals surface area contributed by atoms with E-state index in [1.807, 2.05) is 50.4 Å². The van der Waals surface area contributed by atoms with E-state index in [0.717, 1.165) is 23.4 Å². The number of aryl methyl sites for hydroxylation is 1. The first-order valence-electron chi connectivity index (χ1n) is 8.40. The van der Waals surface area contributed by atoms with Gasteiger partial charge in [-0.3, -0.25) is 9.59 Å². The highest BCUT2D eigenvalue weighted by Gasteiger charge is 2.09. The fourth-order valence-electron chi connectivity index (χ4n) is 2.19. The molecule has 0 aliphatic heterocycles. The van der Waals surface area contributed by atoms with Gasteiger partial charge in [0.05, 0.1) is 6.54 Å². The molecule has 0 fully saturated rings. The van der Waals surface area contributed by atoms with Crippen LogP contribution in [0.2, 0.25) is 0 Å². The van der Waals surface area contributed by atoms with Crippen molar-refractivity contribution >= 4 is 34.5 Å². The molecule has 0 unspecified atom stereocenters. The molecule has 0 bridgehead atoms. The average Bonchev–Trinajstić information content (AvgIpc) is 3.08. The second-order valence-electron chi connectivity index (χ2n) is 6.21. The molecule has 0 saturated carbocycles. The van der Waals surface area contributed by atoms with Crippen LogP contribution in [0.4, 0.5) is 11.4 Å². The maximum absolute atomic E-state index is 12.0. The van der Waals surface area contributed by atoms with E-state index in [2.05, 4.69) is 22.0 Å². The Labute approximate surface area is 152 Å². The molecule has 3 N–H and O–H groups in total. The number of carbonyl (C=O) groups excluding carboxylic acids is 2. The van der Waals surface area contributed by atoms with Crippen LogP contribution in [0.15, 0.2) is 35.7 Å². The van der Waals surface area contributed by atoms with Crippen LogP contribution in [0.3, 0.4) is 0 Å². The lowest BCUT2D eigenvalue weighted by atomic mass is 10.1. The number of carbonyl (C=O) groups is 2. The minimum absolute atomic E-state index is 0.0267. The van der Waals surface area contributed by atoms with Crippen LogP contribution in [-0.4, -0.2) is 24.9 Å². The van der Waals surface area contributed by atoms with Gasteiger partial charge in [-0.25, -0.2) is 0 Å². The van der Waals surface area contributed by atoms with Crippen molar-refractivity contribution in [3.63, 3.8) is 0 Å². The molecule has 0 aliphatic carbocycles. The Kier molecular flexibility index (Phi) is 7.01. The number of rotatable bonds is 8. The standard InChI is InChI=1S/C19H25N3O2S/c1-13(2)19(24)22-15-7-6-14(3)17(11-15)21-12-18(23)20-9-8-16-5-4-10-25-16/h4-7,10-11,13,21H,8-9,12H2,1-3H3,(H,20,23)(H,22,24). The highest BCUT2D eigenvalue weighted by Crippen LogP contribution is 2.20. The molecule has 0 radical (unpaired) electrons. The number of anilines is 2. The molecule has 1 heterocycles. The van der Waals surface area contributed by atoms with Crippen LogP contribution in [0.25, 0.3) is 0 Å². The van der Waals surface area contributed by atoms with Crippen LogP contribution in [0.1, 0.15) is 24.3 Å². The number of hydrogen-bond acceptors (Lipinski definition) is 4. The summed E-state index contributed by atoms with van der Waals surface area (Å²) in [6.07, 6.45) is 0.846. The van der Waals surface area contributed by atoms with Crippen LogP contribution in [-0.2, 0) is 16.0 Å². The molecular formula is C19H25N3O2S. The Balaban J connectivity index is 1.82. The van der Waals surface area contributed by atoms with Crippen molar-refractivity contribution in [2.75, 3.05) is 23.7 Å². The minimum Gasteiger partial charge on any atom is -0.376 e. The zero-order chi connectivity index (χ0) is 18.2. The normalized spacial score (nSPS) is 10.6. The summed E-state index contributed by atoms with van der Waals surface area (Å²) < 4.78 is 0. The average molecular weight is 359 g/mol. The van der Waals surface area contributed by atoms with E-state index in [0.29, 0.717) is 6.54 Å². The maximum atomic E-state index is 12.0. The quantitative estimate of drug-likeness (QED) is 0.676. The van der Waals surface area contributed by atoms with Crippen molar-refractivity contribution < 1.29 is 9.59 Å². The van der Waals surface area contributed by atoms with Gasteiger partial charge < -0.3 is 16.0 Å². The summed E-state index contributed by atoms with van der Waals surface area (Å²) in [5.41, 5.74) is 2.59. The van der Waals surface area contributed by atoms with Gasteiger partial charge in [0, 0.05) is 28.7 Å². The second kappa shape index (κ2) is 9.22. The molecule has 0 atom stereocenters. The minimum atomic E-state index is -0.0770. The zero-order valence-corrected chi connectivity index (χ0v) is 15.7. The van der Waals surface area contributed by atoms with Gasteiger partial charge in [0.15, 0.2) is 0 Å². The first kappa shape index (κ1) is 19.0. The topological polar surface area (TPSA) is 70.2 Å². The third-order valence-electron chi connectivity index (χ3n) is 3.74. The number of thiophene rings is 1. The summed E-state index contributed by atoms with van der Waals surface area (Å²) in [7, 11) is 0. The van der Waals surface area contributed by atoms with Gasteiger partial charge in [0.1, 0.15) is 0 Å². The van der Waals surface area contributed by atoms with E-state index in [4.69, 9.17) is 0 Å². The van der Waals surface area contributed by atoms with Crippen LogP contribution in [0.5, 0.6) is 0 Å². The van der Waals surface area contributed by atoms with Gasteiger partial charge in [-0.1, -0.05) is 26.0 Å². The van der Waals surface area contributed by atoms with Gasteiger partial charge >= 0.3 is 0 Å². The number of hydrogen-bond donors (Lipinski definition) is 3. The molecule has 5 nitrogen and oxygen atoms in total. The highest BCUT2D eigenvalue weighted by atomic mass is 32.1. The predicted octanol–water partition coefficient (Wildman–Crippen LogP) is 3.42. The molecule has 2 amide bonds. The van der Waals surface area contributed by atoms with Gasteiger partial charge in [0.2, 0.25) is 11.8 Å². The third-order valence-corrected chi connectivity index (χ3v) is 4.68. The van der Waals surface area contributed by atoms with Crippen LogP contribution < -0.4 is 16.0 Å². The highest BCUT2D eigenvalue weighted by molar-refractivity contribution is 7.09. The SMILES string of the molecule is Cc1ccc(NC(=O)C(C)C)cc1NCC(=O)NCCc1cccs1. The molecule has 6 heteroatoms. The Morgan fingerprint density at radius 3 is 2.68 bits per heavy atom. The molecule has 0 spiro atoms. The van der Waals surface area contributed by atoms with E-state index in [-0.39, 0.29) is 24.3 Å². The molecule has 0 saturated heterocycles. The molecular weight excluding hydrogens is 334 g/mol. The van der Waals surface area contributed by atoms with Gasteiger partial charge in [0.25, 0.3) is 0 Å². The van der Waals surface area contributed by atoms with E-state index in [1.54, 1.807) is 11.3 Å².